The second-order valence-corrected chi connectivity index (χ2v) is 11.7. The first-order valence-corrected chi connectivity index (χ1v) is 12.6. The van der Waals surface area contributed by atoms with E-state index in [4.69, 9.17) is 5.73 Å². The average molecular weight is 529 g/mol. The molecule has 0 radical (unpaired) electrons. The van der Waals surface area contributed by atoms with E-state index in [2.05, 4.69) is 12.2 Å². The number of alkyl halides is 6. The van der Waals surface area contributed by atoms with E-state index < -0.39 is 45.8 Å². The van der Waals surface area contributed by atoms with Crippen LogP contribution in [0.4, 0.5) is 26.3 Å². The lowest BCUT2D eigenvalue weighted by Crippen LogP contribution is -2.61. The predicted octanol–water partition coefficient (Wildman–Crippen LogP) is 5.74. The SMILES string of the molecule is C[C@]12C=CC(=O)NC1CC[C@@H]1[C@H]2CC[C@@]2(C)[C@H]1CCC2(C(N)=O)c1cc(C(F)(F)F)ccc1C(F)(F)F. The molecule has 37 heavy (non-hydrogen) atoms. The van der Waals surface area contributed by atoms with Crippen LogP contribution in [0.3, 0.4) is 0 Å². The molecule has 1 heterocycles. The number of halogens is 6. The smallest absolute Gasteiger partial charge is 0.369 e. The molecule has 4 nitrogen and oxygen atoms in total. The van der Waals surface area contributed by atoms with Gasteiger partial charge in [0, 0.05) is 11.5 Å². The van der Waals surface area contributed by atoms with Crippen molar-refractivity contribution in [2.45, 2.75) is 76.2 Å². The molecule has 1 aromatic carbocycles. The molecule has 202 valence electrons. The standard InChI is InChI=1S/C27H30F6N2O2/c1-23-10-9-21(36)35-20(23)6-4-15-16(23)7-11-24(2)17(15)8-12-25(24,22(34)37)19-13-14(26(28,29)30)3-5-18(19)27(31,32)33/h3,5,9-10,13,15-17,20H,4,6-8,11-12H2,1-2H3,(H2,34,37)(H,35,36)/t15-,16-,17+,20?,23-,24+,25?/m1/s1. The monoisotopic (exact) mass is 528 g/mol. The van der Waals surface area contributed by atoms with Crippen LogP contribution in [0.5, 0.6) is 0 Å². The van der Waals surface area contributed by atoms with Crippen molar-refractivity contribution >= 4 is 11.8 Å². The van der Waals surface area contributed by atoms with Crippen molar-refractivity contribution in [1.29, 1.82) is 0 Å². The number of rotatable bonds is 2. The van der Waals surface area contributed by atoms with Crippen LogP contribution in [-0.4, -0.2) is 17.9 Å². The number of nitrogens with two attached hydrogens (primary N) is 1. The molecule has 1 aliphatic heterocycles. The zero-order valence-electron chi connectivity index (χ0n) is 20.6. The van der Waals surface area contributed by atoms with Crippen molar-refractivity contribution in [3.8, 4) is 0 Å². The summed E-state index contributed by atoms with van der Waals surface area (Å²) in [5.41, 5.74) is -0.503. The summed E-state index contributed by atoms with van der Waals surface area (Å²) < 4.78 is 83.5. The van der Waals surface area contributed by atoms with Gasteiger partial charge in [-0.25, -0.2) is 0 Å². The van der Waals surface area contributed by atoms with Crippen LogP contribution >= 0.6 is 0 Å². The van der Waals surface area contributed by atoms with Gasteiger partial charge in [0.05, 0.1) is 16.5 Å². The Kier molecular flexibility index (Phi) is 5.64. The number of hydrogen-bond donors (Lipinski definition) is 2. The summed E-state index contributed by atoms with van der Waals surface area (Å²) >= 11 is 0. The number of amides is 2. The minimum Gasteiger partial charge on any atom is -0.369 e. The van der Waals surface area contributed by atoms with Crippen LogP contribution in [-0.2, 0) is 27.4 Å². The molecular formula is C27H30F6N2O2. The first kappa shape index (κ1) is 26.1. The highest BCUT2D eigenvalue weighted by Crippen LogP contribution is 2.69. The van der Waals surface area contributed by atoms with Gasteiger partial charge in [-0.1, -0.05) is 19.9 Å². The lowest BCUT2D eigenvalue weighted by molar-refractivity contribution is -0.146. The molecule has 0 aromatic heterocycles. The topological polar surface area (TPSA) is 72.2 Å². The zero-order chi connectivity index (χ0) is 27.2. The second kappa shape index (κ2) is 7.99. The zero-order valence-corrected chi connectivity index (χ0v) is 20.6. The maximum Gasteiger partial charge on any atom is 0.416 e. The Bertz CT molecular complexity index is 1180. The van der Waals surface area contributed by atoms with Gasteiger partial charge in [-0.2, -0.15) is 26.3 Å². The molecule has 5 rings (SSSR count). The van der Waals surface area contributed by atoms with Crippen LogP contribution < -0.4 is 11.1 Å². The highest BCUT2D eigenvalue weighted by Gasteiger charge is 2.68. The van der Waals surface area contributed by atoms with Gasteiger partial charge in [0.15, 0.2) is 0 Å². The molecule has 4 aliphatic rings. The average Bonchev–Trinajstić information content (AvgIpc) is 3.12. The Morgan fingerprint density at radius 2 is 1.65 bits per heavy atom. The lowest BCUT2D eigenvalue weighted by atomic mass is 9.45. The van der Waals surface area contributed by atoms with Gasteiger partial charge >= 0.3 is 12.4 Å². The van der Waals surface area contributed by atoms with Gasteiger partial charge in [0.2, 0.25) is 11.8 Å². The maximum atomic E-state index is 14.2. The molecule has 3 fully saturated rings. The van der Waals surface area contributed by atoms with Crippen molar-refractivity contribution in [2.24, 2.45) is 34.3 Å². The van der Waals surface area contributed by atoms with E-state index in [1.54, 1.807) is 6.92 Å². The van der Waals surface area contributed by atoms with Gasteiger partial charge in [0.1, 0.15) is 0 Å². The Morgan fingerprint density at radius 1 is 0.973 bits per heavy atom. The van der Waals surface area contributed by atoms with Crippen LogP contribution in [0.25, 0.3) is 0 Å². The number of primary amides is 1. The number of benzene rings is 1. The summed E-state index contributed by atoms with van der Waals surface area (Å²) in [6, 6.07) is 1.30. The molecule has 3 aliphatic carbocycles. The molecule has 2 amide bonds. The number of nitrogens with one attached hydrogen (secondary N) is 1. The van der Waals surface area contributed by atoms with E-state index in [0.29, 0.717) is 50.3 Å². The van der Waals surface area contributed by atoms with Gasteiger partial charge < -0.3 is 11.1 Å². The minimum absolute atomic E-state index is 0.0379. The molecule has 3 saturated carbocycles. The van der Waals surface area contributed by atoms with Crippen molar-refractivity contribution < 1.29 is 35.9 Å². The summed E-state index contributed by atoms with van der Waals surface area (Å²) in [6.45, 7) is 3.83. The summed E-state index contributed by atoms with van der Waals surface area (Å²) in [5.74, 6) is -1.20. The fraction of sp³-hybridized carbons (Fsp3) is 0.630. The minimum atomic E-state index is -4.95. The second-order valence-electron chi connectivity index (χ2n) is 11.7. The van der Waals surface area contributed by atoms with E-state index in [-0.39, 0.29) is 41.5 Å². The van der Waals surface area contributed by atoms with Gasteiger partial charge in [-0.15, -0.1) is 0 Å². The Balaban J connectivity index is 1.64. The van der Waals surface area contributed by atoms with E-state index in [0.717, 1.165) is 0 Å². The third-order valence-corrected chi connectivity index (χ3v) is 10.4. The third kappa shape index (κ3) is 3.56. The first-order valence-electron chi connectivity index (χ1n) is 12.6. The number of carbonyl (C=O) groups is 2. The molecule has 3 N–H and O–H groups in total. The number of carbonyl (C=O) groups excluding carboxylic acids is 2. The number of fused-ring (bicyclic) bond motifs is 5. The third-order valence-electron chi connectivity index (χ3n) is 10.4. The van der Waals surface area contributed by atoms with Gasteiger partial charge in [-0.05, 0) is 91.5 Å². The largest absolute Gasteiger partial charge is 0.416 e. The van der Waals surface area contributed by atoms with Crippen LogP contribution in [0.1, 0.15) is 69.1 Å². The summed E-state index contributed by atoms with van der Waals surface area (Å²) in [5, 5.41) is 3.03. The van der Waals surface area contributed by atoms with Crippen molar-refractivity contribution in [2.75, 3.05) is 0 Å². The van der Waals surface area contributed by atoms with Gasteiger partial charge in [-0.3, -0.25) is 9.59 Å². The lowest BCUT2D eigenvalue weighted by Gasteiger charge is -2.60. The normalized spacial score (nSPS) is 39.4. The van der Waals surface area contributed by atoms with Crippen molar-refractivity contribution in [3.63, 3.8) is 0 Å². The summed E-state index contributed by atoms with van der Waals surface area (Å²) in [7, 11) is 0. The summed E-state index contributed by atoms with van der Waals surface area (Å²) in [4.78, 5) is 25.2. The van der Waals surface area contributed by atoms with E-state index in [1.165, 1.54) is 6.08 Å². The van der Waals surface area contributed by atoms with E-state index in [9.17, 15) is 35.9 Å². The van der Waals surface area contributed by atoms with Crippen molar-refractivity contribution in [1.82, 2.24) is 5.32 Å². The maximum absolute atomic E-state index is 14.2. The van der Waals surface area contributed by atoms with Crippen LogP contribution in [0.2, 0.25) is 0 Å². The van der Waals surface area contributed by atoms with Gasteiger partial charge in [0.25, 0.3) is 0 Å². The molecule has 0 spiro atoms. The first-order chi connectivity index (χ1) is 17.1. The quantitative estimate of drug-likeness (QED) is 0.481. The molecule has 0 saturated heterocycles. The molecule has 7 atom stereocenters. The fourth-order valence-electron chi connectivity index (χ4n) is 8.67. The van der Waals surface area contributed by atoms with E-state index >= 15 is 0 Å². The summed E-state index contributed by atoms with van der Waals surface area (Å²) in [6.07, 6.45) is -3.71. The highest BCUT2D eigenvalue weighted by atomic mass is 19.4. The highest BCUT2D eigenvalue weighted by molar-refractivity contribution is 5.90. The Morgan fingerprint density at radius 3 is 2.27 bits per heavy atom. The molecule has 1 aromatic rings. The molecule has 10 heteroatoms. The molecular weight excluding hydrogens is 498 g/mol. The number of hydrogen-bond acceptors (Lipinski definition) is 2. The van der Waals surface area contributed by atoms with Crippen LogP contribution in [0.15, 0.2) is 30.4 Å². The molecule has 0 bridgehead atoms. The Labute approximate surface area is 211 Å². The van der Waals surface area contributed by atoms with Crippen LogP contribution in [0, 0.1) is 28.6 Å². The van der Waals surface area contributed by atoms with Crippen molar-refractivity contribution in [3.05, 3.63) is 47.0 Å². The Hall–Kier alpha value is -2.52. The van der Waals surface area contributed by atoms with E-state index in [1.807, 2.05) is 6.08 Å². The predicted molar refractivity (Wildman–Crippen MR) is 123 cm³/mol. The fourth-order valence-corrected chi connectivity index (χ4v) is 8.67. The molecule has 2 unspecified atom stereocenters.